The van der Waals surface area contributed by atoms with Crippen LogP contribution in [0.15, 0.2) is 24.3 Å². The average Bonchev–Trinajstić information content (AvgIpc) is 2.60. The molecule has 1 saturated heterocycles. The molecular formula is C16H26ClN3O4S. The first-order valence-corrected chi connectivity index (χ1v) is 9.36. The van der Waals surface area contributed by atoms with Gasteiger partial charge in [-0.15, -0.1) is 12.4 Å². The third kappa shape index (κ3) is 4.44. The molecule has 0 spiro atoms. The number of hydrogen-bond acceptors (Lipinski definition) is 5. The van der Waals surface area contributed by atoms with E-state index in [-0.39, 0.29) is 12.4 Å². The number of nitrogens with zero attached hydrogens (tertiary/aromatic N) is 2. The van der Waals surface area contributed by atoms with Gasteiger partial charge in [0.15, 0.2) is 5.25 Å². The quantitative estimate of drug-likeness (QED) is 0.805. The molecular weight excluding hydrogens is 366 g/mol. The number of rotatable bonds is 5. The van der Waals surface area contributed by atoms with E-state index in [1.165, 1.54) is 16.1 Å². The minimum absolute atomic E-state index is 0. The third-order valence-electron chi connectivity index (χ3n) is 4.25. The molecule has 1 N–H and O–H groups in total. The van der Waals surface area contributed by atoms with Crippen LogP contribution < -0.4 is 10.1 Å². The summed E-state index contributed by atoms with van der Waals surface area (Å²) in [4.78, 5) is 13.5. The zero-order valence-electron chi connectivity index (χ0n) is 14.9. The van der Waals surface area contributed by atoms with Crippen molar-refractivity contribution in [2.24, 2.45) is 0 Å². The van der Waals surface area contributed by atoms with Crippen molar-refractivity contribution in [1.29, 1.82) is 0 Å². The molecule has 0 bridgehead atoms. The van der Waals surface area contributed by atoms with E-state index >= 15 is 0 Å². The predicted octanol–water partition coefficient (Wildman–Crippen LogP) is 0.870. The molecule has 25 heavy (non-hydrogen) atoms. The van der Waals surface area contributed by atoms with E-state index < -0.39 is 27.2 Å². The summed E-state index contributed by atoms with van der Waals surface area (Å²) in [6, 6.07) is 6.96. The highest BCUT2D eigenvalue weighted by atomic mass is 35.5. The van der Waals surface area contributed by atoms with Gasteiger partial charge in [-0.3, -0.25) is 4.79 Å². The van der Waals surface area contributed by atoms with Gasteiger partial charge in [0.05, 0.1) is 13.2 Å². The number of ether oxygens (including phenoxy) is 1. The number of nitrogens with one attached hydrogen (secondary N) is 1. The third-order valence-corrected chi connectivity index (χ3v) is 6.44. The minimum Gasteiger partial charge on any atom is -0.496 e. The van der Waals surface area contributed by atoms with Crippen LogP contribution in [0.3, 0.4) is 0 Å². The smallest absolute Gasteiger partial charge is 0.241 e. The summed E-state index contributed by atoms with van der Waals surface area (Å²) in [5.74, 6) is 0.213. The van der Waals surface area contributed by atoms with Crippen molar-refractivity contribution in [3.8, 4) is 5.75 Å². The summed E-state index contributed by atoms with van der Waals surface area (Å²) >= 11 is 0. The number of amides is 1. The van der Waals surface area contributed by atoms with Gasteiger partial charge in [0.2, 0.25) is 15.9 Å². The minimum atomic E-state index is -3.78. The van der Waals surface area contributed by atoms with Gasteiger partial charge in [-0.1, -0.05) is 18.2 Å². The Hall–Kier alpha value is -1.35. The molecule has 1 heterocycles. The Kier molecular flexibility index (Phi) is 7.67. The molecule has 1 aliphatic rings. The molecule has 142 valence electrons. The summed E-state index contributed by atoms with van der Waals surface area (Å²) in [6.07, 6.45) is 0. The Bertz CT molecular complexity index is 696. The average molecular weight is 392 g/mol. The molecule has 7 nitrogen and oxygen atoms in total. The lowest BCUT2D eigenvalue weighted by atomic mass is 10.0. The van der Waals surface area contributed by atoms with Crippen molar-refractivity contribution < 1.29 is 17.9 Å². The van der Waals surface area contributed by atoms with E-state index in [0.717, 1.165) is 5.56 Å². The summed E-state index contributed by atoms with van der Waals surface area (Å²) in [5, 5.41) is 2.10. The van der Waals surface area contributed by atoms with Gasteiger partial charge in [-0.2, -0.15) is 4.31 Å². The molecule has 2 unspecified atom stereocenters. The van der Waals surface area contributed by atoms with E-state index in [1.807, 2.05) is 24.3 Å². The lowest BCUT2D eigenvalue weighted by molar-refractivity contribution is -0.128. The second kappa shape index (κ2) is 8.84. The van der Waals surface area contributed by atoms with Gasteiger partial charge < -0.3 is 15.0 Å². The number of methoxy groups -OCH3 is 1. The highest BCUT2D eigenvalue weighted by molar-refractivity contribution is 7.90. The van der Waals surface area contributed by atoms with E-state index in [0.29, 0.717) is 25.4 Å². The summed E-state index contributed by atoms with van der Waals surface area (Å²) in [5.41, 5.74) is 0.792. The highest BCUT2D eigenvalue weighted by Gasteiger charge is 2.40. The van der Waals surface area contributed by atoms with Crippen molar-refractivity contribution in [2.45, 2.75) is 18.2 Å². The van der Waals surface area contributed by atoms with Crippen molar-refractivity contribution >= 4 is 28.3 Å². The Morgan fingerprint density at radius 1 is 1.36 bits per heavy atom. The van der Waals surface area contributed by atoms with E-state index in [9.17, 15) is 13.2 Å². The maximum absolute atomic E-state index is 13.0. The topological polar surface area (TPSA) is 79.0 Å². The Morgan fingerprint density at radius 3 is 2.60 bits per heavy atom. The first kappa shape index (κ1) is 21.7. The van der Waals surface area contributed by atoms with Gasteiger partial charge in [0.1, 0.15) is 5.75 Å². The molecule has 1 fully saturated rings. The number of para-hydroxylation sites is 1. The maximum atomic E-state index is 13.0. The molecule has 1 aromatic rings. The number of carbonyl (C=O) groups excluding carboxylic acids is 1. The lowest BCUT2D eigenvalue weighted by Gasteiger charge is -2.37. The number of benzene rings is 1. The zero-order valence-corrected chi connectivity index (χ0v) is 16.6. The fraction of sp³-hybridized carbons (Fsp3) is 0.562. The van der Waals surface area contributed by atoms with Crippen LogP contribution in [0.25, 0.3) is 0 Å². The lowest BCUT2D eigenvalue weighted by Crippen LogP contribution is -2.53. The van der Waals surface area contributed by atoms with Gasteiger partial charge in [-0.25, -0.2) is 8.42 Å². The molecule has 0 radical (unpaired) electrons. The van der Waals surface area contributed by atoms with Gasteiger partial charge in [-0.05, 0) is 13.0 Å². The number of hydrogen-bond donors (Lipinski definition) is 1. The largest absolute Gasteiger partial charge is 0.496 e. The Balaban J connectivity index is 0.00000312. The first-order chi connectivity index (χ1) is 11.3. The van der Waals surface area contributed by atoms with Crippen LogP contribution in [0.2, 0.25) is 0 Å². The van der Waals surface area contributed by atoms with Crippen molar-refractivity contribution in [3.05, 3.63) is 29.8 Å². The van der Waals surface area contributed by atoms with Crippen molar-refractivity contribution in [2.75, 3.05) is 40.8 Å². The van der Waals surface area contributed by atoms with Crippen LogP contribution in [0.4, 0.5) is 0 Å². The SMILES string of the molecule is COc1ccccc1C1CNCCN1S(=O)(=O)C(C)C(=O)N(C)C.Cl. The fourth-order valence-electron chi connectivity index (χ4n) is 2.89. The van der Waals surface area contributed by atoms with Gasteiger partial charge in [0.25, 0.3) is 0 Å². The first-order valence-electron chi connectivity index (χ1n) is 7.86. The van der Waals surface area contributed by atoms with Gasteiger partial charge >= 0.3 is 0 Å². The molecule has 9 heteroatoms. The van der Waals surface area contributed by atoms with Crippen LogP contribution in [0.1, 0.15) is 18.5 Å². The zero-order chi connectivity index (χ0) is 17.9. The number of carbonyl (C=O) groups is 1. The van der Waals surface area contributed by atoms with Crippen LogP contribution in [-0.4, -0.2) is 69.6 Å². The molecule has 2 rings (SSSR count). The fourth-order valence-corrected chi connectivity index (χ4v) is 4.65. The van der Waals surface area contributed by atoms with E-state index in [4.69, 9.17) is 4.74 Å². The predicted molar refractivity (Wildman–Crippen MR) is 99.6 cm³/mol. The van der Waals surface area contributed by atoms with Crippen LogP contribution in [0.5, 0.6) is 5.75 Å². The Morgan fingerprint density at radius 2 is 2.00 bits per heavy atom. The number of sulfonamides is 1. The summed E-state index contributed by atoms with van der Waals surface area (Å²) in [6.45, 7) is 2.78. The molecule has 0 aliphatic carbocycles. The normalized spacial score (nSPS) is 19.6. The molecule has 1 aliphatic heterocycles. The molecule has 0 aromatic heterocycles. The van der Waals surface area contributed by atoms with E-state index in [2.05, 4.69) is 5.32 Å². The Labute approximate surface area is 155 Å². The number of piperazine rings is 1. The molecule has 0 saturated carbocycles. The summed E-state index contributed by atoms with van der Waals surface area (Å²) < 4.78 is 32.9. The monoisotopic (exact) mass is 391 g/mol. The highest BCUT2D eigenvalue weighted by Crippen LogP contribution is 2.33. The molecule has 1 aromatic carbocycles. The van der Waals surface area contributed by atoms with E-state index in [1.54, 1.807) is 21.2 Å². The second-order valence-electron chi connectivity index (χ2n) is 5.99. The van der Waals surface area contributed by atoms with Crippen LogP contribution in [-0.2, 0) is 14.8 Å². The van der Waals surface area contributed by atoms with Crippen molar-refractivity contribution in [3.63, 3.8) is 0 Å². The maximum Gasteiger partial charge on any atom is 0.241 e. The molecule has 2 atom stereocenters. The number of halogens is 1. The van der Waals surface area contributed by atoms with Crippen LogP contribution in [0, 0.1) is 0 Å². The molecule has 1 amide bonds. The standard InChI is InChI=1S/C16H25N3O4S.ClH/c1-12(16(20)18(2)3)24(21,22)19-10-9-17-11-14(19)13-7-5-6-8-15(13)23-4;/h5-8,12,14,17H,9-11H2,1-4H3;1H. The second-order valence-corrected chi connectivity index (χ2v) is 8.20. The van der Waals surface area contributed by atoms with Crippen molar-refractivity contribution in [1.82, 2.24) is 14.5 Å². The summed E-state index contributed by atoms with van der Waals surface area (Å²) in [7, 11) is 0.898. The van der Waals surface area contributed by atoms with Crippen LogP contribution >= 0.6 is 12.4 Å². The van der Waals surface area contributed by atoms with Gasteiger partial charge in [0, 0.05) is 39.3 Å².